The average Bonchev–Trinajstić information content (AvgIpc) is 2.47. The van der Waals surface area contributed by atoms with Crippen molar-refractivity contribution >= 4 is 29.2 Å². The zero-order valence-electron chi connectivity index (χ0n) is 10.8. The molecule has 108 valence electrons. The third-order valence-corrected chi connectivity index (χ3v) is 2.78. The van der Waals surface area contributed by atoms with Gasteiger partial charge in [0.2, 0.25) is 5.91 Å². The van der Waals surface area contributed by atoms with Crippen LogP contribution in [0.1, 0.15) is 10.4 Å². The summed E-state index contributed by atoms with van der Waals surface area (Å²) in [6.45, 7) is -0.249. The number of halogens is 1. The Labute approximate surface area is 125 Å². The molecule has 6 nitrogen and oxygen atoms in total. The van der Waals surface area contributed by atoms with Crippen molar-refractivity contribution in [3.63, 3.8) is 0 Å². The predicted molar refractivity (Wildman–Crippen MR) is 78.3 cm³/mol. The summed E-state index contributed by atoms with van der Waals surface area (Å²) in [6.07, 6.45) is 1.43. The molecule has 2 amide bonds. The Bertz CT molecular complexity index is 676. The lowest BCUT2D eigenvalue weighted by Gasteiger charge is -2.07. The van der Waals surface area contributed by atoms with Gasteiger partial charge in [0.25, 0.3) is 5.91 Å². The summed E-state index contributed by atoms with van der Waals surface area (Å²) in [5, 5.41) is 14.7. The second kappa shape index (κ2) is 6.71. The molecule has 0 spiro atoms. The van der Waals surface area contributed by atoms with Gasteiger partial charge in [0.05, 0.1) is 6.54 Å². The molecular formula is C14H12ClN3O3. The van der Waals surface area contributed by atoms with Gasteiger partial charge in [-0.1, -0.05) is 17.7 Å². The molecule has 0 saturated heterocycles. The number of benzene rings is 1. The first-order valence-electron chi connectivity index (χ1n) is 6.04. The fraction of sp³-hybridized carbons (Fsp3) is 0.0714. The Morgan fingerprint density at radius 1 is 1.24 bits per heavy atom. The first-order valence-corrected chi connectivity index (χ1v) is 6.41. The molecule has 0 aliphatic heterocycles. The molecule has 0 fully saturated rings. The van der Waals surface area contributed by atoms with E-state index in [1.54, 1.807) is 18.2 Å². The molecule has 0 unspecified atom stereocenters. The van der Waals surface area contributed by atoms with E-state index in [0.717, 1.165) is 0 Å². The molecule has 0 saturated carbocycles. The van der Waals surface area contributed by atoms with Gasteiger partial charge in [-0.25, -0.2) is 4.98 Å². The van der Waals surface area contributed by atoms with Crippen LogP contribution < -0.4 is 10.6 Å². The number of rotatable bonds is 4. The molecule has 0 atom stereocenters. The van der Waals surface area contributed by atoms with Gasteiger partial charge in [-0.15, -0.1) is 0 Å². The zero-order chi connectivity index (χ0) is 15.2. The fourth-order valence-corrected chi connectivity index (χ4v) is 1.75. The highest BCUT2D eigenvalue weighted by atomic mass is 35.5. The van der Waals surface area contributed by atoms with E-state index in [1.807, 2.05) is 0 Å². The predicted octanol–water partition coefficient (Wildman–Crippen LogP) is 1.81. The number of aromatic nitrogens is 1. The van der Waals surface area contributed by atoms with E-state index in [1.165, 1.54) is 24.4 Å². The topological polar surface area (TPSA) is 91.3 Å². The number of pyridine rings is 1. The van der Waals surface area contributed by atoms with E-state index in [-0.39, 0.29) is 18.1 Å². The van der Waals surface area contributed by atoms with Crippen molar-refractivity contribution in [2.75, 3.05) is 11.9 Å². The van der Waals surface area contributed by atoms with Crippen LogP contribution in [0.3, 0.4) is 0 Å². The van der Waals surface area contributed by atoms with Crippen LogP contribution in [-0.2, 0) is 4.79 Å². The van der Waals surface area contributed by atoms with Gasteiger partial charge in [0.15, 0.2) is 11.6 Å². The van der Waals surface area contributed by atoms with Crippen molar-refractivity contribution in [3.05, 3.63) is 53.2 Å². The van der Waals surface area contributed by atoms with Crippen molar-refractivity contribution in [3.8, 4) is 5.75 Å². The maximum Gasteiger partial charge on any atom is 0.251 e. The number of amides is 2. The van der Waals surface area contributed by atoms with Crippen LogP contribution in [-0.4, -0.2) is 28.4 Å². The smallest absolute Gasteiger partial charge is 0.251 e. The number of carbonyl (C=O) groups excluding carboxylic acids is 2. The number of aromatic hydroxyl groups is 1. The number of nitrogens with zero attached hydrogens (tertiary/aromatic N) is 1. The molecule has 0 bridgehead atoms. The van der Waals surface area contributed by atoms with Gasteiger partial charge in [0, 0.05) is 16.8 Å². The summed E-state index contributed by atoms with van der Waals surface area (Å²) in [5.41, 5.74) is 0.357. The molecule has 2 rings (SSSR count). The number of hydrogen-bond acceptors (Lipinski definition) is 4. The van der Waals surface area contributed by atoms with Gasteiger partial charge in [-0.3, -0.25) is 9.59 Å². The van der Waals surface area contributed by atoms with Crippen molar-refractivity contribution in [2.45, 2.75) is 0 Å². The van der Waals surface area contributed by atoms with E-state index in [2.05, 4.69) is 15.6 Å². The van der Waals surface area contributed by atoms with Crippen molar-refractivity contribution in [1.82, 2.24) is 10.3 Å². The summed E-state index contributed by atoms with van der Waals surface area (Å²) >= 11 is 5.78. The summed E-state index contributed by atoms with van der Waals surface area (Å²) in [6, 6.07) is 9.31. The van der Waals surface area contributed by atoms with Crippen LogP contribution in [0, 0.1) is 0 Å². The fourth-order valence-electron chi connectivity index (χ4n) is 1.56. The molecule has 0 aliphatic carbocycles. The summed E-state index contributed by atoms with van der Waals surface area (Å²) in [4.78, 5) is 27.3. The summed E-state index contributed by atoms with van der Waals surface area (Å²) < 4.78 is 0. The molecule has 2 aromatic rings. The molecule has 3 N–H and O–H groups in total. The second-order valence-electron chi connectivity index (χ2n) is 4.11. The van der Waals surface area contributed by atoms with Gasteiger partial charge in [0.1, 0.15) is 0 Å². The third-order valence-electron chi connectivity index (χ3n) is 2.54. The van der Waals surface area contributed by atoms with Crippen molar-refractivity contribution in [1.29, 1.82) is 0 Å². The average molecular weight is 306 g/mol. The lowest BCUT2D eigenvalue weighted by Crippen LogP contribution is -2.33. The van der Waals surface area contributed by atoms with Crippen LogP contribution in [0.4, 0.5) is 5.82 Å². The van der Waals surface area contributed by atoms with E-state index in [0.29, 0.717) is 10.6 Å². The van der Waals surface area contributed by atoms with Crippen LogP contribution in [0.2, 0.25) is 5.02 Å². The Kier molecular flexibility index (Phi) is 4.73. The molecule has 1 aromatic heterocycles. The molecule has 7 heteroatoms. The van der Waals surface area contributed by atoms with Crippen LogP contribution in [0.5, 0.6) is 5.75 Å². The first-order chi connectivity index (χ1) is 10.1. The zero-order valence-corrected chi connectivity index (χ0v) is 11.6. The Hall–Kier alpha value is -2.60. The Balaban J connectivity index is 1.90. The number of hydrogen-bond donors (Lipinski definition) is 3. The normalized spacial score (nSPS) is 9.95. The van der Waals surface area contributed by atoms with E-state index < -0.39 is 11.8 Å². The summed E-state index contributed by atoms with van der Waals surface area (Å²) in [7, 11) is 0. The van der Waals surface area contributed by atoms with E-state index >= 15 is 0 Å². The van der Waals surface area contributed by atoms with Gasteiger partial charge in [-0.2, -0.15) is 0 Å². The number of carbonyl (C=O) groups is 2. The maximum absolute atomic E-state index is 11.8. The molecular weight excluding hydrogens is 294 g/mol. The molecule has 1 heterocycles. The molecule has 1 aromatic carbocycles. The Morgan fingerprint density at radius 2 is 2.05 bits per heavy atom. The number of anilines is 1. The van der Waals surface area contributed by atoms with Crippen LogP contribution in [0.15, 0.2) is 42.6 Å². The minimum atomic E-state index is -0.501. The second-order valence-corrected chi connectivity index (χ2v) is 4.55. The highest BCUT2D eigenvalue weighted by molar-refractivity contribution is 6.31. The SMILES string of the molecule is O=C(CNC(=O)c1cccc(Cl)c1)Nc1ncccc1O. The van der Waals surface area contributed by atoms with Crippen molar-refractivity contribution in [2.24, 2.45) is 0 Å². The van der Waals surface area contributed by atoms with E-state index in [9.17, 15) is 14.7 Å². The molecule has 21 heavy (non-hydrogen) atoms. The Morgan fingerprint density at radius 3 is 2.76 bits per heavy atom. The van der Waals surface area contributed by atoms with Gasteiger partial charge >= 0.3 is 0 Å². The maximum atomic E-state index is 11.8. The lowest BCUT2D eigenvalue weighted by molar-refractivity contribution is -0.115. The van der Waals surface area contributed by atoms with Gasteiger partial charge in [-0.05, 0) is 30.3 Å². The quantitative estimate of drug-likeness (QED) is 0.803. The minimum absolute atomic E-state index is 0.0412. The monoisotopic (exact) mass is 305 g/mol. The van der Waals surface area contributed by atoms with Gasteiger partial charge < -0.3 is 15.7 Å². The third kappa shape index (κ3) is 4.19. The highest BCUT2D eigenvalue weighted by Gasteiger charge is 2.10. The minimum Gasteiger partial charge on any atom is -0.504 e. The standard InChI is InChI=1S/C14H12ClN3O3/c15-10-4-1-3-9(7-10)14(21)17-8-12(20)18-13-11(19)5-2-6-16-13/h1-7,19H,8H2,(H,17,21)(H,16,18,20). The largest absolute Gasteiger partial charge is 0.504 e. The van der Waals surface area contributed by atoms with E-state index in [4.69, 9.17) is 11.6 Å². The van der Waals surface area contributed by atoms with Crippen LogP contribution in [0.25, 0.3) is 0 Å². The molecule has 0 radical (unpaired) electrons. The molecule has 0 aliphatic rings. The van der Waals surface area contributed by atoms with Crippen molar-refractivity contribution < 1.29 is 14.7 Å². The highest BCUT2D eigenvalue weighted by Crippen LogP contribution is 2.17. The first kappa shape index (κ1) is 14.8. The number of nitrogens with one attached hydrogen (secondary N) is 2. The summed E-state index contributed by atoms with van der Waals surface area (Å²) in [5.74, 6) is -1.02. The lowest BCUT2D eigenvalue weighted by atomic mass is 10.2. The van der Waals surface area contributed by atoms with Crippen LogP contribution >= 0.6 is 11.6 Å².